The summed E-state index contributed by atoms with van der Waals surface area (Å²) in [6.07, 6.45) is 1.76. The number of hydrogen-bond acceptors (Lipinski definition) is 5. The van der Waals surface area contributed by atoms with Gasteiger partial charge in [-0.3, -0.25) is 4.79 Å². The molecule has 0 saturated heterocycles. The third-order valence-corrected chi connectivity index (χ3v) is 4.36. The van der Waals surface area contributed by atoms with Crippen LogP contribution in [0.3, 0.4) is 0 Å². The van der Waals surface area contributed by atoms with Gasteiger partial charge in [-0.15, -0.1) is 12.4 Å². The molecule has 0 saturated carbocycles. The van der Waals surface area contributed by atoms with Gasteiger partial charge in [-0.1, -0.05) is 11.6 Å². The molecule has 0 aromatic heterocycles. The first-order valence-electron chi connectivity index (χ1n) is 7.35. The Hall–Kier alpha value is -1.02. The lowest BCUT2D eigenvalue weighted by molar-refractivity contribution is -0.122. The molecule has 1 aromatic rings. The van der Waals surface area contributed by atoms with Crippen LogP contribution in [-0.4, -0.2) is 45.5 Å². The molecule has 1 atom stereocenters. The van der Waals surface area contributed by atoms with Crippen molar-refractivity contribution in [3.8, 4) is 5.75 Å². The second-order valence-electron chi connectivity index (χ2n) is 5.25. The van der Waals surface area contributed by atoms with E-state index in [0.29, 0.717) is 24.6 Å². The number of halogens is 2. The molecule has 3 N–H and O–H groups in total. The summed E-state index contributed by atoms with van der Waals surface area (Å²) in [5, 5.41) is 3.30. The number of hydrogen-bond donors (Lipinski definition) is 2. The van der Waals surface area contributed by atoms with Gasteiger partial charge in [-0.25, -0.2) is 8.42 Å². The van der Waals surface area contributed by atoms with Crippen molar-refractivity contribution in [3.63, 3.8) is 0 Å². The van der Waals surface area contributed by atoms with Crippen LogP contribution in [0.15, 0.2) is 18.2 Å². The number of carbonyl (C=O) groups excluding carboxylic acids is 1. The molecule has 1 unspecified atom stereocenters. The van der Waals surface area contributed by atoms with E-state index in [4.69, 9.17) is 22.1 Å². The zero-order valence-corrected chi connectivity index (χ0v) is 16.1. The minimum absolute atomic E-state index is 0. The summed E-state index contributed by atoms with van der Waals surface area (Å²) >= 11 is 5.97. The Morgan fingerprint density at radius 2 is 2.08 bits per heavy atom. The van der Waals surface area contributed by atoms with Crippen LogP contribution in [0.25, 0.3) is 0 Å². The number of nitrogens with one attached hydrogen (secondary N) is 1. The normalized spacial score (nSPS) is 12.2. The Bertz CT molecular complexity index is 638. The standard InChI is InChI=1S/C15H23ClN2O4S.ClH/c1-3-22-14-5-4-12(16)10-11(14)6-8-18-15(19)13(17)7-9-23(2,20)21;/h4-5,10,13H,3,6-9,17H2,1-2H3,(H,18,19);1H. The van der Waals surface area contributed by atoms with Crippen LogP contribution >= 0.6 is 24.0 Å². The van der Waals surface area contributed by atoms with E-state index in [0.717, 1.165) is 17.6 Å². The van der Waals surface area contributed by atoms with Gasteiger partial charge in [0.05, 0.1) is 18.4 Å². The van der Waals surface area contributed by atoms with E-state index >= 15 is 0 Å². The molecule has 0 fully saturated rings. The number of ether oxygens (including phenoxy) is 1. The molecule has 0 heterocycles. The van der Waals surface area contributed by atoms with Crippen LogP contribution in [0.4, 0.5) is 0 Å². The molecular formula is C15H24Cl2N2O4S. The molecule has 0 radical (unpaired) electrons. The lowest BCUT2D eigenvalue weighted by Gasteiger charge is -2.13. The van der Waals surface area contributed by atoms with Crippen molar-refractivity contribution < 1.29 is 17.9 Å². The first-order valence-corrected chi connectivity index (χ1v) is 9.79. The van der Waals surface area contributed by atoms with Crippen molar-refractivity contribution in [2.45, 2.75) is 25.8 Å². The molecule has 0 aliphatic carbocycles. The minimum atomic E-state index is -3.12. The van der Waals surface area contributed by atoms with E-state index in [9.17, 15) is 13.2 Å². The third-order valence-electron chi connectivity index (χ3n) is 3.15. The van der Waals surface area contributed by atoms with Crippen LogP contribution < -0.4 is 15.8 Å². The van der Waals surface area contributed by atoms with Crippen LogP contribution in [0, 0.1) is 0 Å². The number of sulfone groups is 1. The molecule has 1 amide bonds. The Morgan fingerprint density at radius 1 is 1.42 bits per heavy atom. The predicted molar refractivity (Wildman–Crippen MR) is 98.9 cm³/mol. The summed E-state index contributed by atoms with van der Waals surface area (Å²) in [6.45, 7) is 2.80. The number of amides is 1. The van der Waals surface area contributed by atoms with E-state index < -0.39 is 15.9 Å². The summed E-state index contributed by atoms with van der Waals surface area (Å²) in [5.74, 6) is 0.255. The zero-order chi connectivity index (χ0) is 17.5. The predicted octanol–water partition coefficient (Wildman–Crippen LogP) is 1.58. The van der Waals surface area contributed by atoms with Gasteiger partial charge >= 0.3 is 0 Å². The number of carbonyl (C=O) groups is 1. The minimum Gasteiger partial charge on any atom is -0.494 e. The maximum absolute atomic E-state index is 11.8. The maximum atomic E-state index is 11.8. The lowest BCUT2D eigenvalue weighted by atomic mass is 10.1. The van der Waals surface area contributed by atoms with Crippen LogP contribution in [0.2, 0.25) is 5.02 Å². The average molecular weight is 399 g/mol. The quantitative estimate of drug-likeness (QED) is 0.657. The molecule has 9 heteroatoms. The summed E-state index contributed by atoms with van der Waals surface area (Å²) < 4.78 is 27.7. The van der Waals surface area contributed by atoms with Crippen molar-refractivity contribution in [2.24, 2.45) is 5.73 Å². The van der Waals surface area contributed by atoms with E-state index in [1.54, 1.807) is 18.2 Å². The van der Waals surface area contributed by atoms with Crippen molar-refractivity contribution in [2.75, 3.05) is 25.2 Å². The van der Waals surface area contributed by atoms with Gasteiger partial charge in [0, 0.05) is 17.8 Å². The maximum Gasteiger partial charge on any atom is 0.236 e. The fourth-order valence-corrected chi connectivity index (χ4v) is 2.84. The van der Waals surface area contributed by atoms with E-state index in [2.05, 4.69) is 5.32 Å². The van der Waals surface area contributed by atoms with Crippen molar-refractivity contribution >= 4 is 39.8 Å². The molecule has 0 bridgehead atoms. The smallest absolute Gasteiger partial charge is 0.236 e. The largest absolute Gasteiger partial charge is 0.494 e. The number of rotatable bonds is 9. The molecule has 6 nitrogen and oxygen atoms in total. The van der Waals surface area contributed by atoms with Gasteiger partial charge in [0.25, 0.3) is 0 Å². The highest BCUT2D eigenvalue weighted by Crippen LogP contribution is 2.23. The zero-order valence-electron chi connectivity index (χ0n) is 13.7. The van der Waals surface area contributed by atoms with Crippen molar-refractivity contribution in [1.82, 2.24) is 5.32 Å². The highest BCUT2D eigenvalue weighted by atomic mass is 35.5. The van der Waals surface area contributed by atoms with Crippen LogP contribution in [0.1, 0.15) is 18.9 Å². The summed E-state index contributed by atoms with van der Waals surface area (Å²) in [4.78, 5) is 11.8. The van der Waals surface area contributed by atoms with Crippen LogP contribution in [0.5, 0.6) is 5.75 Å². The SMILES string of the molecule is CCOc1ccc(Cl)cc1CCNC(=O)C(N)CCS(C)(=O)=O.Cl. The highest BCUT2D eigenvalue weighted by molar-refractivity contribution is 7.90. The molecule has 24 heavy (non-hydrogen) atoms. The van der Waals surface area contributed by atoms with Crippen molar-refractivity contribution in [3.05, 3.63) is 28.8 Å². The Morgan fingerprint density at radius 3 is 2.67 bits per heavy atom. The Balaban J connectivity index is 0.00000529. The van der Waals surface area contributed by atoms with Gasteiger partial charge in [0.15, 0.2) is 0 Å². The molecule has 0 spiro atoms. The fraction of sp³-hybridized carbons (Fsp3) is 0.533. The summed E-state index contributed by atoms with van der Waals surface area (Å²) in [5.41, 5.74) is 6.58. The third kappa shape index (κ3) is 8.73. The molecule has 0 aliphatic rings. The van der Waals surface area contributed by atoms with Gasteiger partial charge in [-0.2, -0.15) is 0 Å². The number of benzene rings is 1. The second-order valence-corrected chi connectivity index (χ2v) is 7.95. The highest BCUT2D eigenvalue weighted by Gasteiger charge is 2.15. The lowest BCUT2D eigenvalue weighted by Crippen LogP contribution is -2.42. The van der Waals surface area contributed by atoms with Gasteiger partial charge in [0.1, 0.15) is 15.6 Å². The van der Waals surface area contributed by atoms with E-state index in [1.165, 1.54) is 0 Å². The van der Waals surface area contributed by atoms with Gasteiger partial charge < -0.3 is 15.8 Å². The van der Waals surface area contributed by atoms with E-state index in [-0.39, 0.29) is 30.5 Å². The Labute approximate surface area is 154 Å². The summed E-state index contributed by atoms with van der Waals surface area (Å²) in [7, 11) is -3.12. The first kappa shape index (κ1) is 23.0. The Kier molecular flexibility index (Phi) is 10.3. The molecule has 1 aromatic carbocycles. The van der Waals surface area contributed by atoms with Gasteiger partial charge in [0.2, 0.25) is 5.91 Å². The van der Waals surface area contributed by atoms with Crippen molar-refractivity contribution in [1.29, 1.82) is 0 Å². The number of nitrogens with two attached hydrogens (primary N) is 1. The molecular weight excluding hydrogens is 375 g/mol. The molecule has 0 aliphatic heterocycles. The monoisotopic (exact) mass is 398 g/mol. The van der Waals surface area contributed by atoms with E-state index in [1.807, 2.05) is 6.92 Å². The summed E-state index contributed by atoms with van der Waals surface area (Å²) in [6, 6.07) is 4.49. The average Bonchev–Trinajstić information content (AvgIpc) is 2.46. The molecule has 1 rings (SSSR count). The first-order chi connectivity index (χ1) is 10.7. The second kappa shape index (κ2) is 10.8. The van der Waals surface area contributed by atoms with Crippen LogP contribution in [-0.2, 0) is 21.1 Å². The fourth-order valence-electron chi connectivity index (χ4n) is 1.96. The van der Waals surface area contributed by atoms with Gasteiger partial charge in [-0.05, 0) is 43.5 Å². The molecule has 138 valence electrons. The topological polar surface area (TPSA) is 98.5 Å².